The van der Waals surface area contributed by atoms with Gasteiger partial charge in [-0.15, -0.1) is 11.3 Å². The number of anilines is 1. The molecule has 0 unspecified atom stereocenters. The topological polar surface area (TPSA) is 72.5 Å². The van der Waals surface area contributed by atoms with Gasteiger partial charge in [-0.2, -0.15) is 0 Å². The summed E-state index contributed by atoms with van der Waals surface area (Å²) in [5.41, 5.74) is 1.22. The molecule has 5 nitrogen and oxygen atoms in total. The molecule has 1 atom stereocenters. The molecule has 124 valence electrons. The van der Waals surface area contributed by atoms with Gasteiger partial charge in [-0.1, -0.05) is 0 Å². The maximum absolute atomic E-state index is 12.6. The third kappa shape index (κ3) is 3.47. The SMILES string of the molecule is Cc1sc(NC(=O)C2CC2)c(C(=O)O[C@H]2CCCCC2=O)c1C. The Morgan fingerprint density at radius 3 is 2.57 bits per heavy atom. The van der Waals surface area contributed by atoms with E-state index in [4.69, 9.17) is 4.74 Å². The number of carbonyl (C=O) groups is 3. The molecule has 6 heteroatoms. The molecule has 0 radical (unpaired) electrons. The number of thiophene rings is 1. The van der Waals surface area contributed by atoms with Gasteiger partial charge in [-0.05, 0) is 51.5 Å². The first-order chi connectivity index (χ1) is 11.0. The van der Waals surface area contributed by atoms with E-state index in [-0.39, 0.29) is 17.6 Å². The highest BCUT2D eigenvalue weighted by Crippen LogP contribution is 2.36. The molecule has 1 N–H and O–H groups in total. The highest BCUT2D eigenvalue weighted by atomic mass is 32.1. The molecule has 0 bridgehead atoms. The molecule has 1 amide bonds. The van der Waals surface area contributed by atoms with E-state index >= 15 is 0 Å². The Labute approximate surface area is 139 Å². The number of carbonyl (C=O) groups excluding carboxylic acids is 3. The lowest BCUT2D eigenvalue weighted by Gasteiger charge is -2.21. The van der Waals surface area contributed by atoms with E-state index in [2.05, 4.69) is 5.32 Å². The number of esters is 1. The minimum Gasteiger partial charge on any atom is -0.451 e. The van der Waals surface area contributed by atoms with Crippen molar-refractivity contribution in [3.63, 3.8) is 0 Å². The summed E-state index contributed by atoms with van der Waals surface area (Å²) in [5, 5.41) is 3.40. The summed E-state index contributed by atoms with van der Waals surface area (Å²) >= 11 is 1.39. The van der Waals surface area contributed by atoms with E-state index in [1.807, 2.05) is 13.8 Å². The van der Waals surface area contributed by atoms with Crippen molar-refractivity contribution < 1.29 is 19.1 Å². The molecule has 0 aromatic carbocycles. The van der Waals surface area contributed by atoms with Crippen molar-refractivity contribution in [2.24, 2.45) is 5.92 Å². The normalized spacial score (nSPS) is 21.1. The van der Waals surface area contributed by atoms with E-state index in [0.29, 0.717) is 23.4 Å². The maximum Gasteiger partial charge on any atom is 0.342 e. The fourth-order valence-corrected chi connectivity index (χ4v) is 3.84. The van der Waals surface area contributed by atoms with E-state index in [0.717, 1.165) is 36.1 Å². The number of aryl methyl sites for hydroxylation is 1. The minimum atomic E-state index is -0.636. The van der Waals surface area contributed by atoms with Gasteiger partial charge in [-0.25, -0.2) is 4.79 Å². The van der Waals surface area contributed by atoms with Crippen molar-refractivity contribution in [2.45, 2.75) is 58.5 Å². The highest BCUT2D eigenvalue weighted by Gasteiger charge is 2.33. The molecule has 1 heterocycles. The molecule has 23 heavy (non-hydrogen) atoms. The van der Waals surface area contributed by atoms with Crippen LogP contribution in [0.5, 0.6) is 0 Å². The Bertz CT molecular complexity index is 660. The lowest BCUT2D eigenvalue weighted by Crippen LogP contribution is -2.30. The largest absolute Gasteiger partial charge is 0.451 e. The lowest BCUT2D eigenvalue weighted by atomic mass is 9.96. The number of ether oxygens (including phenoxy) is 1. The van der Waals surface area contributed by atoms with Gasteiger partial charge in [0.25, 0.3) is 0 Å². The van der Waals surface area contributed by atoms with Crippen LogP contribution in [0.2, 0.25) is 0 Å². The molecule has 0 spiro atoms. The zero-order valence-electron chi connectivity index (χ0n) is 13.4. The summed E-state index contributed by atoms with van der Waals surface area (Å²) in [6.45, 7) is 3.76. The molecule has 1 aromatic rings. The van der Waals surface area contributed by atoms with Crippen LogP contribution in [-0.4, -0.2) is 23.8 Å². The van der Waals surface area contributed by atoms with Gasteiger partial charge in [0.05, 0.1) is 5.56 Å². The van der Waals surface area contributed by atoms with Crippen molar-refractivity contribution in [3.8, 4) is 0 Å². The Kier molecular flexibility index (Phi) is 4.53. The molecule has 0 saturated heterocycles. The van der Waals surface area contributed by atoms with Crippen molar-refractivity contribution in [3.05, 3.63) is 16.0 Å². The van der Waals surface area contributed by atoms with Crippen LogP contribution in [0.3, 0.4) is 0 Å². The molecular formula is C17H21NO4S. The van der Waals surface area contributed by atoms with E-state index in [9.17, 15) is 14.4 Å². The summed E-state index contributed by atoms with van der Waals surface area (Å²) in [5.74, 6) is -0.466. The van der Waals surface area contributed by atoms with Crippen LogP contribution in [-0.2, 0) is 14.3 Å². The second kappa shape index (κ2) is 6.43. The lowest BCUT2D eigenvalue weighted by molar-refractivity contribution is -0.130. The van der Waals surface area contributed by atoms with E-state index in [1.54, 1.807) is 0 Å². The summed E-state index contributed by atoms with van der Waals surface area (Å²) in [6.07, 6.45) is 4.02. The number of Topliss-reactive ketones (excluding diaryl/α,β-unsaturated/α-hetero) is 1. The van der Waals surface area contributed by atoms with Crippen molar-refractivity contribution in [2.75, 3.05) is 5.32 Å². The van der Waals surface area contributed by atoms with Crippen LogP contribution in [0.15, 0.2) is 0 Å². The summed E-state index contributed by atoms with van der Waals surface area (Å²) in [6, 6.07) is 0. The van der Waals surface area contributed by atoms with Gasteiger partial charge in [0, 0.05) is 17.2 Å². The van der Waals surface area contributed by atoms with Crippen LogP contribution < -0.4 is 5.32 Å². The first-order valence-electron chi connectivity index (χ1n) is 8.12. The Morgan fingerprint density at radius 2 is 1.91 bits per heavy atom. The Hall–Kier alpha value is -1.69. The van der Waals surface area contributed by atoms with Gasteiger partial charge >= 0.3 is 5.97 Å². The molecule has 2 fully saturated rings. The van der Waals surface area contributed by atoms with E-state index in [1.165, 1.54) is 11.3 Å². The van der Waals surface area contributed by atoms with Crippen LogP contribution in [0.25, 0.3) is 0 Å². The predicted molar refractivity (Wildman–Crippen MR) is 87.8 cm³/mol. The number of ketones is 1. The van der Waals surface area contributed by atoms with Crippen molar-refractivity contribution in [1.29, 1.82) is 0 Å². The minimum absolute atomic E-state index is 0.00206. The summed E-state index contributed by atoms with van der Waals surface area (Å²) in [4.78, 5) is 37.4. The highest BCUT2D eigenvalue weighted by molar-refractivity contribution is 7.16. The molecule has 2 saturated carbocycles. The molecule has 1 aromatic heterocycles. The van der Waals surface area contributed by atoms with Crippen LogP contribution in [0.4, 0.5) is 5.00 Å². The van der Waals surface area contributed by atoms with Crippen LogP contribution in [0, 0.1) is 19.8 Å². The molecule has 2 aliphatic rings. The third-order valence-electron chi connectivity index (χ3n) is 4.52. The fraction of sp³-hybridized carbons (Fsp3) is 0.588. The second-order valence-corrected chi connectivity index (χ2v) is 7.58. The van der Waals surface area contributed by atoms with E-state index < -0.39 is 12.1 Å². The molecule has 2 aliphatic carbocycles. The maximum atomic E-state index is 12.6. The smallest absolute Gasteiger partial charge is 0.342 e. The monoisotopic (exact) mass is 335 g/mol. The predicted octanol–water partition coefficient (Wildman–Crippen LogP) is 3.38. The first kappa shape index (κ1) is 16.2. The van der Waals surface area contributed by atoms with Gasteiger partial charge in [-0.3, -0.25) is 9.59 Å². The third-order valence-corrected chi connectivity index (χ3v) is 5.64. The molecular weight excluding hydrogens is 314 g/mol. The zero-order chi connectivity index (χ0) is 16.6. The Balaban J connectivity index is 1.78. The van der Waals surface area contributed by atoms with Crippen LogP contribution >= 0.6 is 11.3 Å². The van der Waals surface area contributed by atoms with Gasteiger partial charge in [0.1, 0.15) is 5.00 Å². The fourth-order valence-electron chi connectivity index (χ4n) is 2.78. The number of amides is 1. The van der Waals surface area contributed by atoms with Crippen molar-refractivity contribution in [1.82, 2.24) is 0 Å². The van der Waals surface area contributed by atoms with Crippen molar-refractivity contribution >= 4 is 34.0 Å². The Morgan fingerprint density at radius 1 is 1.17 bits per heavy atom. The summed E-state index contributed by atoms with van der Waals surface area (Å²) < 4.78 is 5.45. The number of hydrogen-bond donors (Lipinski definition) is 1. The van der Waals surface area contributed by atoms with Gasteiger partial charge < -0.3 is 10.1 Å². The quantitative estimate of drug-likeness (QED) is 0.856. The average Bonchev–Trinajstić information content (AvgIpc) is 3.30. The standard InChI is InChI=1S/C17H21NO4S/c1-9-10(2)23-16(18-15(20)11-7-8-11)14(9)17(21)22-13-6-4-3-5-12(13)19/h11,13H,3-8H2,1-2H3,(H,18,20)/t13-/m0/s1. The van der Waals surface area contributed by atoms with Crippen LogP contribution in [0.1, 0.15) is 59.3 Å². The van der Waals surface area contributed by atoms with Gasteiger partial charge in [0.2, 0.25) is 5.91 Å². The molecule has 0 aliphatic heterocycles. The molecule has 3 rings (SSSR count). The number of rotatable bonds is 4. The van der Waals surface area contributed by atoms with Gasteiger partial charge in [0.15, 0.2) is 11.9 Å². The zero-order valence-corrected chi connectivity index (χ0v) is 14.3. The second-order valence-electron chi connectivity index (χ2n) is 6.36. The average molecular weight is 335 g/mol. The number of hydrogen-bond acceptors (Lipinski definition) is 5. The summed E-state index contributed by atoms with van der Waals surface area (Å²) in [7, 11) is 0. The number of nitrogens with one attached hydrogen (secondary N) is 1. The first-order valence-corrected chi connectivity index (χ1v) is 8.93.